The van der Waals surface area contributed by atoms with E-state index >= 15 is 0 Å². The summed E-state index contributed by atoms with van der Waals surface area (Å²) in [5.74, 6) is -0.498. The summed E-state index contributed by atoms with van der Waals surface area (Å²) in [7, 11) is 0. The first-order valence-corrected chi connectivity index (χ1v) is 8.51. The molecule has 0 aliphatic carbocycles. The Hall–Kier alpha value is -2.33. The third kappa shape index (κ3) is 5.39. The number of aromatic nitrogens is 2. The molecule has 1 heterocycles. The summed E-state index contributed by atoms with van der Waals surface area (Å²) in [5.41, 5.74) is 2.81. The largest absolute Gasteiger partial charge is 0.507 e. The van der Waals surface area contributed by atoms with Crippen molar-refractivity contribution >= 4 is 50.4 Å². The second kappa shape index (κ2) is 8.50. The topological polar surface area (TPSA) is 117 Å². The van der Waals surface area contributed by atoms with Crippen molar-refractivity contribution in [3.8, 4) is 5.75 Å². The molecule has 0 aliphatic rings. The van der Waals surface area contributed by atoms with E-state index in [0.29, 0.717) is 22.1 Å². The van der Waals surface area contributed by atoms with Gasteiger partial charge >= 0.3 is 0 Å². The fourth-order valence-corrected chi connectivity index (χ4v) is 2.70. The molecule has 0 atom stereocenters. The van der Waals surface area contributed by atoms with E-state index in [9.17, 15) is 14.7 Å². The van der Waals surface area contributed by atoms with Crippen LogP contribution in [0.1, 0.15) is 23.9 Å². The molecule has 3 N–H and O–H groups in total. The van der Waals surface area contributed by atoms with Crippen LogP contribution in [0.15, 0.2) is 27.8 Å². The van der Waals surface area contributed by atoms with Gasteiger partial charge in [0.2, 0.25) is 16.9 Å². The van der Waals surface area contributed by atoms with E-state index in [4.69, 9.17) is 0 Å². The number of hydrogen-bond donors (Lipinski definition) is 3. The molecule has 0 spiro atoms. The van der Waals surface area contributed by atoms with Crippen molar-refractivity contribution < 1.29 is 14.7 Å². The van der Waals surface area contributed by atoms with E-state index in [2.05, 4.69) is 42.0 Å². The molecule has 0 unspecified atom stereocenters. The van der Waals surface area contributed by atoms with Gasteiger partial charge in [0.1, 0.15) is 10.8 Å². The Balaban J connectivity index is 1.88. The molecule has 1 aromatic heterocycles. The van der Waals surface area contributed by atoms with Gasteiger partial charge in [-0.1, -0.05) is 34.2 Å². The molecule has 126 valence electrons. The Morgan fingerprint density at radius 2 is 2.17 bits per heavy atom. The van der Waals surface area contributed by atoms with Gasteiger partial charge in [-0.2, -0.15) is 5.10 Å². The molecule has 10 heteroatoms. The molecule has 0 radical (unpaired) electrons. The molecule has 1 aromatic carbocycles. The lowest BCUT2D eigenvalue weighted by Gasteiger charge is -2.00. The highest BCUT2D eigenvalue weighted by Crippen LogP contribution is 2.20. The summed E-state index contributed by atoms with van der Waals surface area (Å²) >= 11 is 4.41. The van der Waals surface area contributed by atoms with Crippen molar-refractivity contribution in [3.63, 3.8) is 0 Å². The van der Waals surface area contributed by atoms with Crippen LogP contribution >= 0.6 is 27.3 Å². The number of nitrogens with one attached hydrogen (secondary N) is 2. The zero-order valence-corrected chi connectivity index (χ0v) is 15.0. The maximum Gasteiger partial charge on any atom is 0.247 e. The van der Waals surface area contributed by atoms with Crippen molar-refractivity contribution in [3.05, 3.63) is 33.2 Å². The van der Waals surface area contributed by atoms with Crippen molar-refractivity contribution in [1.29, 1.82) is 0 Å². The molecule has 0 saturated carbocycles. The zero-order chi connectivity index (χ0) is 17.5. The highest BCUT2D eigenvalue weighted by Gasteiger charge is 2.10. The summed E-state index contributed by atoms with van der Waals surface area (Å²) in [4.78, 5) is 23.0. The van der Waals surface area contributed by atoms with Gasteiger partial charge in [-0.25, -0.2) is 5.43 Å². The number of carbonyl (C=O) groups excluding carboxylic acids is 2. The van der Waals surface area contributed by atoms with Crippen molar-refractivity contribution in [1.82, 2.24) is 15.6 Å². The van der Waals surface area contributed by atoms with Crippen molar-refractivity contribution in [2.75, 3.05) is 5.32 Å². The van der Waals surface area contributed by atoms with Gasteiger partial charge in [0, 0.05) is 16.5 Å². The third-order valence-electron chi connectivity index (χ3n) is 2.73. The smallest absolute Gasteiger partial charge is 0.247 e. The molecular weight excluding hydrogens is 398 g/mol. The number of anilines is 1. The molecule has 24 heavy (non-hydrogen) atoms. The molecule has 2 aromatic rings. The number of halogens is 1. The average molecular weight is 412 g/mol. The van der Waals surface area contributed by atoms with E-state index in [1.807, 2.05) is 0 Å². The number of aromatic hydroxyl groups is 1. The van der Waals surface area contributed by atoms with Gasteiger partial charge < -0.3 is 10.4 Å². The Bertz CT molecular complexity index is 778. The van der Waals surface area contributed by atoms with Gasteiger partial charge in [-0.05, 0) is 18.2 Å². The molecule has 0 fully saturated rings. The van der Waals surface area contributed by atoms with Crippen LogP contribution in [0.3, 0.4) is 0 Å². The maximum atomic E-state index is 11.8. The van der Waals surface area contributed by atoms with Gasteiger partial charge in [0.25, 0.3) is 0 Å². The quantitative estimate of drug-likeness (QED) is 0.496. The number of phenols is 1. The van der Waals surface area contributed by atoms with Gasteiger partial charge in [0.05, 0.1) is 12.6 Å². The Morgan fingerprint density at radius 1 is 1.38 bits per heavy atom. The van der Waals surface area contributed by atoms with Crippen LogP contribution in [-0.2, 0) is 16.0 Å². The van der Waals surface area contributed by atoms with Crippen LogP contribution < -0.4 is 10.7 Å². The molecule has 8 nitrogen and oxygen atoms in total. The summed E-state index contributed by atoms with van der Waals surface area (Å²) in [6, 6.07) is 4.87. The summed E-state index contributed by atoms with van der Waals surface area (Å²) in [6.45, 7) is 1.73. The summed E-state index contributed by atoms with van der Waals surface area (Å²) < 4.78 is 0.781. The van der Waals surface area contributed by atoms with Crippen LogP contribution in [-0.4, -0.2) is 33.3 Å². The Morgan fingerprint density at radius 3 is 2.92 bits per heavy atom. The predicted octanol–water partition coefficient (Wildman–Crippen LogP) is 2.05. The number of benzene rings is 1. The minimum atomic E-state index is -0.384. The highest BCUT2D eigenvalue weighted by atomic mass is 79.9. The number of amides is 2. The second-order valence-corrected chi connectivity index (χ2v) is 6.55. The SMILES string of the molecule is CCC(=O)Nc1nnc(CC(=O)N/N=C\c2cc(Br)ccc2O)s1. The number of nitrogens with zero attached hydrogens (tertiary/aromatic N) is 3. The second-order valence-electron chi connectivity index (χ2n) is 4.58. The average Bonchev–Trinajstić information content (AvgIpc) is 2.97. The van der Waals surface area contributed by atoms with Crippen molar-refractivity contribution in [2.24, 2.45) is 5.10 Å². The van der Waals surface area contributed by atoms with Gasteiger partial charge in [0.15, 0.2) is 0 Å². The molecule has 0 bridgehead atoms. The molecular formula is C14H14BrN5O3S. The third-order valence-corrected chi connectivity index (χ3v) is 4.06. The summed E-state index contributed by atoms with van der Waals surface area (Å²) in [6.07, 6.45) is 1.67. The minimum absolute atomic E-state index is 0.0124. The monoisotopic (exact) mass is 411 g/mol. The highest BCUT2D eigenvalue weighted by molar-refractivity contribution is 9.10. The molecule has 0 saturated heterocycles. The van der Waals surface area contributed by atoms with E-state index in [-0.39, 0.29) is 24.0 Å². The fraction of sp³-hybridized carbons (Fsp3) is 0.214. The predicted molar refractivity (Wildman–Crippen MR) is 94.1 cm³/mol. The standard InChI is InChI=1S/C14H14BrN5O3S/c1-2-11(22)17-14-20-19-13(24-14)6-12(23)18-16-7-8-5-9(15)3-4-10(8)21/h3-5,7,21H,2,6H2,1H3,(H,18,23)(H,17,20,22)/b16-7-. The molecule has 2 amide bonds. The van der Waals surface area contributed by atoms with Crippen LogP contribution in [0.2, 0.25) is 0 Å². The molecule has 2 rings (SSSR count). The van der Waals surface area contributed by atoms with Crippen LogP contribution in [0.4, 0.5) is 5.13 Å². The maximum absolute atomic E-state index is 11.8. The lowest BCUT2D eigenvalue weighted by Crippen LogP contribution is -2.19. The van der Waals surface area contributed by atoms with E-state index in [1.165, 1.54) is 12.3 Å². The number of carbonyl (C=O) groups is 2. The van der Waals surface area contributed by atoms with E-state index in [0.717, 1.165) is 15.8 Å². The number of rotatable bonds is 6. The van der Waals surface area contributed by atoms with Gasteiger partial charge in [-0.15, -0.1) is 10.2 Å². The lowest BCUT2D eigenvalue weighted by atomic mass is 10.2. The van der Waals surface area contributed by atoms with Crippen LogP contribution in [0.5, 0.6) is 5.75 Å². The molecule has 0 aliphatic heterocycles. The fourth-order valence-electron chi connectivity index (χ4n) is 1.56. The van der Waals surface area contributed by atoms with E-state index in [1.54, 1.807) is 19.1 Å². The van der Waals surface area contributed by atoms with Crippen molar-refractivity contribution in [2.45, 2.75) is 19.8 Å². The lowest BCUT2D eigenvalue weighted by molar-refractivity contribution is -0.120. The minimum Gasteiger partial charge on any atom is -0.507 e. The Labute approximate surface area is 150 Å². The van der Waals surface area contributed by atoms with Crippen LogP contribution in [0.25, 0.3) is 0 Å². The van der Waals surface area contributed by atoms with Crippen LogP contribution in [0, 0.1) is 0 Å². The van der Waals surface area contributed by atoms with Gasteiger partial charge in [-0.3, -0.25) is 9.59 Å². The first-order valence-electron chi connectivity index (χ1n) is 6.90. The Kier molecular flexibility index (Phi) is 6.38. The summed E-state index contributed by atoms with van der Waals surface area (Å²) in [5, 5.41) is 24.4. The van der Waals surface area contributed by atoms with E-state index < -0.39 is 0 Å². The first kappa shape index (κ1) is 18.0. The number of hydrazone groups is 1. The first-order chi connectivity index (χ1) is 11.5. The number of hydrogen-bond acceptors (Lipinski definition) is 7. The number of phenolic OH excluding ortho intramolecular Hbond substituents is 1. The zero-order valence-electron chi connectivity index (χ0n) is 12.6. The normalized spacial score (nSPS) is 10.8.